The molecule has 1 fully saturated rings. The molecule has 4 heteroatoms. The van der Waals surface area contributed by atoms with Gasteiger partial charge in [-0.15, -0.1) is 0 Å². The summed E-state index contributed by atoms with van der Waals surface area (Å²) >= 11 is 0. The number of benzene rings is 1. The molecule has 1 atom stereocenters. The van der Waals surface area contributed by atoms with E-state index in [1.807, 2.05) is 6.07 Å². The number of phenolic OH excluding ortho intramolecular Hbond substituents is 1. The maximum atomic E-state index is 9.94. The van der Waals surface area contributed by atoms with Crippen LogP contribution >= 0.6 is 0 Å². The highest BCUT2D eigenvalue weighted by molar-refractivity contribution is 5.39. The SMILES string of the molecule is COc1ccc(O)c(CN2CCCC(N(C)C)C2)c1. The van der Waals surface area contributed by atoms with Crippen LogP contribution < -0.4 is 4.74 Å². The molecule has 106 valence electrons. The van der Waals surface area contributed by atoms with Gasteiger partial charge in [-0.3, -0.25) is 4.90 Å². The van der Waals surface area contributed by atoms with Gasteiger partial charge in [0, 0.05) is 24.7 Å². The van der Waals surface area contributed by atoms with Gasteiger partial charge in [0.25, 0.3) is 0 Å². The molecular weight excluding hydrogens is 240 g/mol. The first kappa shape index (κ1) is 14.2. The number of likely N-dealkylation sites (tertiary alicyclic amines) is 1. The maximum Gasteiger partial charge on any atom is 0.120 e. The third-order valence-electron chi connectivity index (χ3n) is 3.89. The van der Waals surface area contributed by atoms with Crippen molar-refractivity contribution in [2.45, 2.75) is 25.4 Å². The Labute approximate surface area is 115 Å². The van der Waals surface area contributed by atoms with E-state index >= 15 is 0 Å². The van der Waals surface area contributed by atoms with Gasteiger partial charge in [-0.25, -0.2) is 0 Å². The van der Waals surface area contributed by atoms with Crippen LogP contribution in [-0.2, 0) is 6.54 Å². The van der Waals surface area contributed by atoms with Gasteiger partial charge in [-0.2, -0.15) is 0 Å². The fraction of sp³-hybridized carbons (Fsp3) is 0.600. The van der Waals surface area contributed by atoms with Crippen molar-refractivity contribution < 1.29 is 9.84 Å². The highest BCUT2D eigenvalue weighted by Gasteiger charge is 2.22. The van der Waals surface area contributed by atoms with Gasteiger partial charge in [-0.05, 0) is 51.7 Å². The molecule has 0 saturated carbocycles. The van der Waals surface area contributed by atoms with Gasteiger partial charge in [0.05, 0.1) is 7.11 Å². The van der Waals surface area contributed by atoms with Gasteiger partial charge in [0.15, 0.2) is 0 Å². The van der Waals surface area contributed by atoms with Crippen molar-refractivity contribution in [1.29, 1.82) is 0 Å². The quantitative estimate of drug-likeness (QED) is 0.901. The average Bonchev–Trinajstić information content (AvgIpc) is 2.41. The summed E-state index contributed by atoms with van der Waals surface area (Å²) in [4.78, 5) is 4.69. The van der Waals surface area contributed by atoms with Crippen LogP contribution in [0.3, 0.4) is 0 Å². The van der Waals surface area contributed by atoms with Gasteiger partial charge in [-0.1, -0.05) is 0 Å². The lowest BCUT2D eigenvalue weighted by Gasteiger charge is -2.36. The topological polar surface area (TPSA) is 35.9 Å². The van der Waals surface area contributed by atoms with Crippen LogP contribution in [0.1, 0.15) is 18.4 Å². The third-order valence-corrected chi connectivity index (χ3v) is 3.89. The molecule has 0 bridgehead atoms. The van der Waals surface area contributed by atoms with Crippen molar-refractivity contribution in [3.05, 3.63) is 23.8 Å². The average molecular weight is 264 g/mol. The van der Waals surface area contributed by atoms with E-state index < -0.39 is 0 Å². The van der Waals surface area contributed by atoms with E-state index in [-0.39, 0.29) is 0 Å². The van der Waals surface area contributed by atoms with Crippen molar-refractivity contribution in [2.75, 3.05) is 34.3 Å². The molecule has 1 aliphatic rings. The van der Waals surface area contributed by atoms with E-state index in [1.165, 1.54) is 12.8 Å². The lowest BCUT2D eigenvalue weighted by atomic mass is 10.0. The Kier molecular flexibility index (Phi) is 4.66. The first-order valence-electron chi connectivity index (χ1n) is 6.85. The van der Waals surface area contributed by atoms with Crippen LogP contribution in [0.25, 0.3) is 0 Å². The molecule has 4 nitrogen and oxygen atoms in total. The molecule has 1 aromatic rings. The summed E-state index contributed by atoms with van der Waals surface area (Å²) in [6, 6.07) is 6.04. The second-order valence-corrected chi connectivity index (χ2v) is 5.49. The number of ether oxygens (including phenoxy) is 1. The minimum absolute atomic E-state index is 0.354. The highest BCUT2D eigenvalue weighted by Crippen LogP contribution is 2.25. The zero-order valence-corrected chi connectivity index (χ0v) is 12.1. The van der Waals surface area contributed by atoms with Crippen LogP contribution in [0.5, 0.6) is 11.5 Å². The van der Waals surface area contributed by atoms with Crippen LogP contribution in [0.4, 0.5) is 0 Å². The summed E-state index contributed by atoms with van der Waals surface area (Å²) in [7, 11) is 5.92. The highest BCUT2D eigenvalue weighted by atomic mass is 16.5. The maximum absolute atomic E-state index is 9.94. The van der Waals surface area contributed by atoms with Gasteiger partial charge < -0.3 is 14.7 Å². The number of aromatic hydroxyl groups is 1. The second-order valence-electron chi connectivity index (χ2n) is 5.49. The summed E-state index contributed by atoms with van der Waals surface area (Å²) in [5.41, 5.74) is 0.943. The lowest BCUT2D eigenvalue weighted by Crippen LogP contribution is -2.44. The third kappa shape index (κ3) is 3.61. The predicted molar refractivity (Wildman–Crippen MR) is 76.6 cm³/mol. The molecule has 2 rings (SSSR count). The molecule has 1 N–H and O–H groups in total. The van der Waals surface area contributed by atoms with Gasteiger partial charge in [0.1, 0.15) is 11.5 Å². The van der Waals surface area contributed by atoms with Crippen molar-refractivity contribution in [3.63, 3.8) is 0 Å². The molecule has 0 aromatic heterocycles. The van der Waals surface area contributed by atoms with Crippen LogP contribution in [0.2, 0.25) is 0 Å². The van der Waals surface area contributed by atoms with E-state index in [0.29, 0.717) is 11.8 Å². The Hall–Kier alpha value is -1.26. The van der Waals surface area contributed by atoms with E-state index in [2.05, 4.69) is 23.9 Å². The molecule has 1 aliphatic heterocycles. The molecule has 0 radical (unpaired) electrons. The number of likely N-dealkylation sites (N-methyl/N-ethyl adjacent to an activating group) is 1. The zero-order valence-electron chi connectivity index (χ0n) is 12.1. The first-order chi connectivity index (χ1) is 9.10. The summed E-state index contributed by atoms with van der Waals surface area (Å²) in [5, 5.41) is 9.94. The molecule has 0 spiro atoms. The largest absolute Gasteiger partial charge is 0.508 e. The molecule has 0 amide bonds. The fourth-order valence-electron chi connectivity index (χ4n) is 2.65. The van der Waals surface area contributed by atoms with Crippen LogP contribution in [-0.4, -0.2) is 55.2 Å². The number of nitrogens with zero attached hydrogens (tertiary/aromatic N) is 2. The minimum Gasteiger partial charge on any atom is -0.508 e. The predicted octanol–water partition coefficient (Wildman–Crippen LogP) is 1.93. The van der Waals surface area contributed by atoms with Crippen molar-refractivity contribution in [3.8, 4) is 11.5 Å². The van der Waals surface area contributed by atoms with Crippen molar-refractivity contribution in [2.24, 2.45) is 0 Å². The van der Waals surface area contributed by atoms with Crippen molar-refractivity contribution in [1.82, 2.24) is 9.80 Å². The standard InChI is InChI=1S/C15H24N2O2/c1-16(2)13-5-4-8-17(11-13)10-12-9-14(19-3)6-7-15(12)18/h6-7,9,13,18H,4-5,8,10-11H2,1-3H3. The molecule has 1 unspecified atom stereocenters. The molecule has 1 aromatic carbocycles. The van der Waals surface area contributed by atoms with E-state index in [0.717, 1.165) is 30.9 Å². The zero-order chi connectivity index (χ0) is 13.8. The summed E-state index contributed by atoms with van der Waals surface area (Å²) in [5.74, 6) is 1.15. The summed E-state index contributed by atoms with van der Waals surface area (Å²) in [6.45, 7) is 2.94. The van der Waals surface area contributed by atoms with E-state index in [4.69, 9.17) is 4.74 Å². The van der Waals surface area contributed by atoms with Gasteiger partial charge >= 0.3 is 0 Å². The summed E-state index contributed by atoms with van der Waals surface area (Å²) in [6.07, 6.45) is 2.47. The molecular formula is C15H24N2O2. The Morgan fingerprint density at radius 1 is 1.42 bits per heavy atom. The second kappa shape index (κ2) is 6.26. The molecule has 1 saturated heterocycles. The first-order valence-corrected chi connectivity index (χ1v) is 6.85. The molecule has 0 aliphatic carbocycles. The number of hydrogen-bond donors (Lipinski definition) is 1. The molecule has 19 heavy (non-hydrogen) atoms. The fourth-order valence-corrected chi connectivity index (χ4v) is 2.65. The Morgan fingerprint density at radius 3 is 2.89 bits per heavy atom. The Morgan fingerprint density at radius 2 is 2.21 bits per heavy atom. The number of hydrogen-bond acceptors (Lipinski definition) is 4. The summed E-state index contributed by atoms with van der Waals surface area (Å²) < 4.78 is 5.22. The monoisotopic (exact) mass is 264 g/mol. The normalized spacial score (nSPS) is 20.7. The van der Waals surface area contributed by atoms with Gasteiger partial charge in [0.2, 0.25) is 0 Å². The lowest BCUT2D eigenvalue weighted by molar-refractivity contribution is 0.127. The Balaban J connectivity index is 2.04. The number of phenols is 1. The van der Waals surface area contributed by atoms with E-state index in [1.54, 1.807) is 19.2 Å². The smallest absolute Gasteiger partial charge is 0.120 e. The number of rotatable bonds is 4. The Bertz CT molecular complexity index is 421. The minimum atomic E-state index is 0.354. The number of piperidine rings is 1. The van der Waals surface area contributed by atoms with Crippen LogP contribution in [0.15, 0.2) is 18.2 Å². The van der Waals surface area contributed by atoms with Crippen LogP contribution in [0, 0.1) is 0 Å². The molecule has 1 heterocycles. The number of methoxy groups -OCH3 is 1. The van der Waals surface area contributed by atoms with E-state index in [9.17, 15) is 5.11 Å². The van der Waals surface area contributed by atoms with Crippen molar-refractivity contribution >= 4 is 0 Å².